The molecule has 4 heterocycles. The quantitative estimate of drug-likeness (QED) is 0.218. The van der Waals surface area contributed by atoms with Crippen LogP contribution in [0, 0.1) is 32.1 Å². The minimum atomic E-state index is -0.753. The lowest BCUT2D eigenvalue weighted by atomic mass is 9.71. The van der Waals surface area contributed by atoms with Gasteiger partial charge in [-0.1, -0.05) is 11.6 Å². The molecule has 4 aromatic rings. The number of phenolic OH excluding ortho intramolecular Hbond substituents is 2. The molecule has 13 nitrogen and oxygen atoms in total. The predicted octanol–water partition coefficient (Wildman–Crippen LogP) is 4.10. The molecule has 0 aliphatic carbocycles. The molecule has 7 rings (SSSR count). The van der Waals surface area contributed by atoms with E-state index in [0.717, 1.165) is 11.1 Å². The Morgan fingerprint density at radius 3 is 2.08 bits per heavy atom. The van der Waals surface area contributed by atoms with Gasteiger partial charge in [0, 0.05) is 69.0 Å². The number of ether oxygens (including phenoxy) is 4. The average Bonchev–Trinajstić information content (AvgIpc) is 3.11. The van der Waals surface area contributed by atoms with Crippen molar-refractivity contribution in [1.29, 1.82) is 5.26 Å². The van der Waals surface area contributed by atoms with E-state index in [9.17, 15) is 25.1 Å². The summed E-state index contributed by atoms with van der Waals surface area (Å²) in [4.78, 5) is 34.2. The fourth-order valence-electron chi connectivity index (χ4n) is 9.18. The van der Waals surface area contributed by atoms with E-state index in [1.54, 1.807) is 33.3 Å². The Bertz CT molecular complexity index is 2240. The molecule has 1 saturated heterocycles. The van der Waals surface area contributed by atoms with Crippen LogP contribution in [0.2, 0.25) is 0 Å². The molecule has 1 aromatic heterocycles. The highest BCUT2D eigenvalue weighted by Gasteiger charge is 2.57. The molecule has 3 aliphatic rings. The zero-order valence-electron chi connectivity index (χ0n) is 30.5. The summed E-state index contributed by atoms with van der Waals surface area (Å²) in [6.07, 6.45) is 0.720. The Kier molecular flexibility index (Phi) is 8.71. The van der Waals surface area contributed by atoms with Crippen LogP contribution >= 0.6 is 0 Å². The Hall–Kier alpha value is -5.45. The largest absolute Gasteiger partial charge is 0.504 e. The number of methoxy groups -OCH3 is 4. The number of carbonyl (C=O) groups excluding carboxylic acids is 1. The normalized spacial score (nSPS) is 22.1. The molecule has 0 radical (unpaired) electrons. The van der Waals surface area contributed by atoms with Crippen molar-refractivity contribution in [3.05, 3.63) is 79.1 Å². The number of likely N-dealkylation sites (N-methyl/N-ethyl adjacent to an activating group) is 1. The van der Waals surface area contributed by atoms with Crippen molar-refractivity contribution in [3.8, 4) is 40.6 Å². The van der Waals surface area contributed by atoms with Gasteiger partial charge in [-0.25, -0.2) is 0 Å². The fourth-order valence-corrected chi connectivity index (χ4v) is 9.18. The van der Waals surface area contributed by atoms with Gasteiger partial charge in [-0.15, -0.1) is 0 Å². The Morgan fingerprint density at radius 1 is 0.904 bits per heavy atom. The van der Waals surface area contributed by atoms with E-state index >= 15 is 0 Å². The second-order valence-electron chi connectivity index (χ2n) is 13.9. The number of benzene rings is 3. The molecule has 1 fully saturated rings. The average molecular weight is 710 g/mol. The number of hydrogen-bond donors (Lipinski definition) is 4. The van der Waals surface area contributed by atoms with Gasteiger partial charge in [-0.2, -0.15) is 5.26 Å². The number of nitrogens with one attached hydrogen (secondary N) is 2. The van der Waals surface area contributed by atoms with Crippen molar-refractivity contribution in [2.24, 2.45) is 0 Å². The van der Waals surface area contributed by atoms with Gasteiger partial charge in [0.15, 0.2) is 28.4 Å². The maximum absolute atomic E-state index is 13.8. The van der Waals surface area contributed by atoms with Gasteiger partial charge >= 0.3 is 0 Å². The van der Waals surface area contributed by atoms with Crippen LogP contribution in [0.3, 0.4) is 0 Å². The molecular formula is C39H43N5O8. The van der Waals surface area contributed by atoms with Crippen LogP contribution in [0.4, 0.5) is 0 Å². The monoisotopic (exact) mass is 709 g/mol. The van der Waals surface area contributed by atoms with Crippen LogP contribution < -0.4 is 29.7 Å². The first kappa shape index (κ1) is 35.0. The van der Waals surface area contributed by atoms with Gasteiger partial charge in [-0.3, -0.25) is 19.4 Å². The summed E-state index contributed by atoms with van der Waals surface area (Å²) in [5.74, 6) is 1.05. The number of pyridine rings is 1. The van der Waals surface area contributed by atoms with E-state index in [0.29, 0.717) is 68.8 Å². The molecule has 3 aliphatic heterocycles. The van der Waals surface area contributed by atoms with Crippen molar-refractivity contribution < 1.29 is 34.0 Å². The molecule has 52 heavy (non-hydrogen) atoms. The van der Waals surface area contributed by atoms with Crippen molar-refractivity contribution in [2.75, 3.05) is 42.0 Å². The van der Waals surface area contributed by atoms with E-state index in [4.69, 9.17) is 18.9 Å². The Labute approximate surface area is 301 Å². The summed E-state index contributed by atoms with van der Waals surface area (Å²) in [5, 5.41) is 38.2. The Morgan fingerprint density at radius 2 is 1.48 bits per heavy atom. The highest BCUT2D eigenvalue weighted by molar-refractivity contribution is 5.95. The second-order valence-corrected chi connectivity index (χ2v) is 13.9. The number of carbonyl (C=O) groups is 1. The van der Waals surface area contributed by atoms with Gasteiger partial charge in [0.25, 0.3) is 5.91 Å². The third kappa shape index (κ3) is 4.96. The summed E-state index contributed by atoms with van der Waals surface area (Å²) in [7, 11) is 8.07. The van der Waals surface area contributed by atoms with Gasteiger partial charge in [0.2, 0.25) is 0 Å². The molecule has 272 valence electrons. The minimum Gasteiger partial charge on any atom is -0.504 e. The number of H-pyrrole nitrogens is 1. The molecule has 2 bridgehead atoms. The minimum absolute atomic E-state index is 0.00767. The van der Waals surface area contributed by atoms with Crippen LogP contribution in [0.25, 0.3) is 10.9 Å². The van der Waals surface area contributed by atoms with Gasteiger partial charge in [0.1, 0.15) is 23.2 Å². The summed E-state index contributed by atoms with van der Waals surface area (Å²) >= 11 is 0. The van der Waals surface area contributed by atoms with Crippen molar-refractivity contribution in [1.82, 2.24) is 20.1 Å². The lowest BCUT2D eigenvalue weighted by molar-refractivity contribution is -0.0724. The molecule has 1 amide bonds. The number of aromatic hydroxyl groups is 2. The molecule has 4 N–H and O–H groups in total. The van der Waals surface area contributed by atoms with Crippen LogP contribution in [0.5, 0.6) is 34.5 Å². The number of rotatable bonds is 7. The molecule has 5 atom stereocenters. The van der Waals surface area contributed by atoms with E-state index in [-0.39, 0.29) is 41.0 Å². The van der Waals surface area contributed by atoms with Crippen LogP contribution in [-0.2, 0) is 12.8 Å². The molecule has 3 aromatic carbocycles. The first-order chi connectivity index (χ1) is 24.9. The zero-order valence-corrected chi connectivity index (χ0v) is 30.5. The lowest BCUT2D eigenvalue weighted by Crippen LogP contribution is -2.68. The highest BCUT2D eigenvalue weighted by Crippen LogP contribution is 2.58. The molecule has 0 unspecified atom stereocenters. The maximum Gasteiger partial charge on any atom is 0.267 e. The van der Waals surface area contributed by atoms with Crippen LogP contribution in [0.15, 0.2) is 29.1 Å². The number of aromatic nitrogens is 1. The number of phenols is 2. The number of piperazine rings is 1. The first-order valence-electron chi connectivity index (χ1n) is 17.2. The number of nitriles is 1. The van der Waals surface area contributed by atoms with Gasteiger partial charge in [-0.05, 0) is 52.8 Å². The van der Waals surface area contributed by atoms with E-state index in [1.807, 2.05) is 27.0 Å². The van der Waals surface area contributed by atoms with E-state index in [2.05, 4.69) is 26.2 Å². The summed E-state index contributed by atoms with van der Waals surface area (Å²) in [6.45, 7) is 5.49. The Balaban J connectivity index is 1.41. The smallest absolute Gasteiger partial charge is 0.267 e. The number of fused-ring (bicyclic) bond motifs is 8. The molecule has 13 heteroatoms. The van der Waals surface area contributed by atoms with Crippen LogP contribution in [0.1, 0.15) is 61.5 Å². The molecule has 0 saturated carbocycles. The number of nitrogens with zero attached hydrogens (tertiary/aromatic N) is 3. The third-order valence-electron chi connectivity index (χ3n) is 11.3. The van der Waals surface area contributed by atoms with E-state index < -0.39 is 30.1 Å². The zero-order chi connectivity index (χ0) is 37.3. The van der Waals surface area contributed by atoms with Gasteiger partial charge < -0.3 is 39.5 Å². The van der Waals surface area contributed by atoms with Crippen molar-refractivity contribution in [3.63, 3.8) is 0 Å². The summed E-state index contributed by atoms with van der Waals surface area (Å²) in [6, 6.07) is 6.51. The number of hydrogen-bond acceptors (Lipinski definition) is 11. The lowest BCUT2D eigenvalue weighted by Gasteiger charge is -2.60. The molecular weight excluding hydrogens is 666 g/mol. The number of amides is 1. The highest BCUT2D eigenvalue weighted by atomic mass is 16.5. The first-order valence-corrected chi connectivity index (χ1v) is 17.2. The standard InChI is InChI=1S/C39H43N5O8/c1-17-9-10-23-20(11-17)29(45)14-24(42-23)39(48)41-16-28-30-21(35(49-5)18(2)37(51-7)33(30)46)13-26-32-31-22(12-25(43(32)4)27(15-40)44(26)28)36(50-6)19(3)38(52-8)34(31)47/h9-11,14,25-28,32,46-47H,12-13,16H2,1-8H3,(H,41,48)(H,42,45)/t25-,26-,27-,28-,32-/m0/s1. The fraction of sp³-hybridized carbons (Fsp3) is 0.410. The summed E-state index contributed by atoms with van der Waals surface area (Å²) < 4.78 is 23.3. The number of aromatic amines is 1. The maximum atomic E-state index is 13.8. The topological polar surface area (TPSA) is 170 Å². The summed E-state index contributed by atoms with van der Waals surface area (Å²) in [5.41, 5.74) is 5.16. The molecule has 0 spiro atoms. The van der Waals surface area contributed by atoms with Crippen LogP contribution in [-0.4, -0.2) is 91.1 Å². The van der Waals surface area contributed by atoms with Crippen molar-refractivity contribution in [2.45, 2.75) is 63.8 Å². The van der Waals surface area contributed by atoms with E-state index in [1.165, 1.54) is 20.3 Å². The SMILES string of the molecule is COc1c(C)c(OC)c2c(c1O)[C@@H]1[C@@H]3Cc4c(OC)c(C)c(OC)c(O)c4[C@H](CNC(=O)c4cc(=O)c5cc(C)ccc5[nH]4)N3[C@@H](C#N)[C@H](C2)N1C. The van der Waals surface area contributed by atoms with Gasteiger partial charge in [0.05, 0.1) is 46.6 Å². The predicted molar refractivity (Wildman–Crippen MR) is 193 cm³/mol. The van der Waals surface area contributed by atoms with Crippen molar-refractivity contribution >= 4 is 16.8 Å². The number of aryl methyl sites for hydroxylation is 1. The third-order valence-corrected chi connectivity index (χ3v) is 11.3. The second kappa shape index (κ2) is 13.0.